The molecule has 0 fully saturated rings. The van der Waals surface area contributed by atoms with Crippen LogP contribution in [0.2, 0.25) is 0 Å². The van der Waals surface area contributed by atoms with E-state index in [0.717, 1.165) is 0 Å². The second kappa shape index (κ2) is 6.09. The summed E-state index contributed by atoms with van der Waals surface area (Å²) in [6.45, 7) is 1.47. The molecule has 21 heavy (non-hydrogen) atoms. The third-order valence-electron chi connectivity index (χ3n) is 3.03. The highest BCUT2D eigenvalue weighted by Crippen LogP contribution is 2.21. The summed E-state index contributed by atoms with van der Waals surface area (Å²) in [6, 6.07) is 11.6. The first-order chi connectivity index (χ1) is 10.0. The van der Waals surface area contributed by atoms with E-state index in [4.69, 9.17) is 10.5 Å². The van der Waals surface area contributed by atoms with Gasteiger partial charge in [0, 0.05) is 23.0 Å². The van der Waals surface area contributed by atoms with Crippen LogP contribution in [0.4, 0.5) is 11.4 Å². The van der Waals surface area contributed by atoms with Crippen molar-refractivity contribution in [3.05, 3.63) is 53.6 Å². The molecule has 0 radical (unpaired) electrons. The average Bonchev–Trinajstić information content (AvgIpc) is 2.47. The molecular formula is C16H16N2O3. The Morgan fingerprint density at radius 3 is 2.52 bits per heavy atom. The van der Waals surface area contributed by atoms with Crippen LogP contribution in [0.3, 0.4) is 0 Å². The van der Waals surface area contributed by atoms with Gasteiger partial charge in [-0.1, -0.05) is 12.1 Å². The quantitative estimate of drug-likeness (QED) is 0.668. The van der Waals surface area contributed by atoms with E-state index >= 15 is 0 Å². The molecule has 5 heteroatoms. The Labute approximate surface area is 122 Å². The van der Waals surface area contributed by atoms with E-state index in [1.54, 1.807) is 42.5 Å². The topological polar surface area (TPSA) is 81.4 Å². The van der Waals surface area contributed by atoms with Crippen molar-refractivity contribution >= 4 is 23.1 Å². The van der Waals surface area contributed by atoms with Crippen molar-refractivity contribution in [2.24, 2.45) is 0 Å². The Bertz CT molecular complexity index is 696. The van der Waals surface area contributed by atoms with Crippen LogP contribution in [-0.2, 0) is 0 Å². The highest BCUT2D eigenvalue weighted by atomic mass is 16.5. The number of nitrogens with one attached hydrogen (secondary N) is 1. The van der Waals surface area contributed by atoms with E-state index in [1.165, 1.54) is 14.0 Å². The molecule has 0 saturated carbocycles. The number of carbonyl (C=O) groups excluding carboxylic acids is 2. The predicted molar refractivity (Wildman–Crippen MR) is 81.8 cm³/mol. The molecule has 2 rings (SSSR count). The van der Waals surface area contributed by atoms with Gasteiger partial charge in [-0.2, -0.15) is 0 Å². The lowest BCUT2D eigenvalue weighted by Gasteiger charge is -2.09. The lowest BCUT2D eigenvalue weighted by molar-refractivity contribution is 0.101. The van der Waals surface area contributed by atoms with Crippen molar-refractivity contribution in [3.63, 3.8) is 0 Å². The molecule has 2 aromatic rings. The number of benzene rings is 2. The van der Waals surface area contributed by atoms with Crippen molar-refractivity contribution in [2.45, 2.75) is 6.92 Å². The number of amides is 1. The van der Waals surface area contributed by atoms with Gasteiger partial charge in [-0.25, -0.2) is 0 Å². The fraction of sp³-hybridized carbons (Fsp3) is 0.125. The lowest BCUT2D eigenvalue weighted by atomic mass is 10.1. The predicted octanol–water partition coefficient (Wildman–Crippen LogP) is 2.73. The summed E-state index contributed by atoms with van der Waals surface area (Å²) in [5, 5.41) is 2.72. The Morgan fingerprint density at radius 2 is 1.90 bits per heavy atom. The van der Waals surface area contributed by atoms with Crippen LogP contribution < -0.4 is 15.8 Å². The molecule has 0 aliphatic carbocycles. The molecule has 3 N–H and O–H groups in total. The number of hydrogen-bond donors (Lipinski definition) is 2. The number of hydrogen-bond acceptors (Lipinski definition) is 4. The van der Waals surface area contributed by atoms with Crippen LogP contribution in [0.25, 0.3) is 0 Å². The monoisotopic (exact) mass is 284 g/mol. The second-order valence-corrected chi connectivity index (χ2v) is 4.54. The highest BCUT2D eigenvalue weighted by molar-refractivity contribution is 6.08. The van der Waals surface area contributed by atoms with Gasteiger partial charge in [-0.3, -0.25) is 9.59 Å². The summed E-state index contributed by atoms with van der Waals surface area (Å²) in [6.07, 6.45) is 0. The number of methoxy groups -OCH3 is 1. The summed E-state index contributed by atoms with van der Waals surface area (Å²) in [4.78, 5) is 23.5. The molecule has 5 nitrogen and oxygen atoms in total. The van der Waals surface area contributed by atoms with Crippen LogP contribution in [0.5, 0.6) is 5.75 Å². The summed E-state index contributed by atoms with van der Waals surface area (Å²) < 4.78 is 5.04. The van der Waals surface area contributed by atoms with Crippen LogP contribution in [-0.4, -0.2) is 18.8 Å². The Hall–Kier alpha value is -2.82. The van der Waals surface area contributed by atoms with Crippen molar-refractivity contribution in [3.8, 4) is 5.75 Å². The van der Waals surface area contributed by atoms with E-state index in [-0.39, 0.29) is 11.7 Å². The van der Waals surface area contributed by atoms with Gasteiger partial charge in [0.2, 0.25) is 0 Å². The molecule has 0 aliphatic rings. The fourth-order valence-electron chi connectivity index (χ4n) is 1.89. The molecule has 0 aromatic heterocycles. The molecule has 0 unspecified atom stereocenters. The maximum atomic E-state index is 12.2. The Balaban J connectivity index is 2.22. The first kappa shape index (κ1) is 14.6. The van der Waals surface area contributed by atoms with Gasteiger partial charge < -0.3 is 15.8 Å². The summed E-state index contributed by atoms with van der Waals surface area (Å²) >= 11 is 0. The first-order valence-electron chi connectivity index (χ1n) is 6.37. The zero-order valence-corrected chi connectivity index (χ0v) is 11.8. The Morgan fingerprint density at radius 1 is 1.14 bits per heavy atom. The van der Waals surface area contributed by atoms with Crippen molar-refractivity contribution in [1.82, 2.24) is 0 Å². The lowest BCUT2D eigenvalue weighted by Crippen LogP contribution is -2.14. The van der Waals surface area contributed by atoms with Gasteiger partial charge >= 0.3 is 0 Å². The van der Waals surface area contributed by atoms with Crippen LogP contribution in [0.1, 0.15) is 27.6 Å². The number of ketones is 1. The minimum absolute atomic E-state index is 0.0601. The third-order valence-corrected chi connectivity index (χ3v) is 3.03. The van der Waals surface area contributed by atoms with Gasteiger partial charge in [0.1, 0.15) is 5.75 Å². The number of rotatable bonds is 4. The fourth-order valence-corrected chi connectivity index (χ4v) is 1.89. The second-order valence-electron chi connectivity index (χ2n) is 4.54. The normalized spacial score (nSPS) is 10.0. The smallest absolute Gasteiger partial charge is 0.257 e. The number of anilines is 2. The van der Waals surface area contributed by atoms with Gasteiger partial charge in [-0.15, -0.1) is 0 Å². The highest BCUT2D eigenvalue weighted by Gasteiger charge is 2.11. The van der Waals surface area contributed by atoms with E-state index in [1.807, 2.05) is 0 Å². The van der Waals surface area contributed by atoms with Crippen LogP contribution >= 0.6 is 0 Å². The molecule has 1 amide bonds. The molecule has 0 heterocycles. The molecule has 2 aromatic carbocycles. The van der Waals surface area contributed by atoms with E-state index in [9.17, 15) is 9.59 Å². The molecule has 108 valence electrons. The van der Waals surface area contributed by atoms with E-state index in [2.05, 4.69) is 5.32 Å². The van der Waals surface area contributed by atoms with Gasteiger partial charge in [0.25, 0.3) is 5.91 Å². The average molecular weight is 284 g/mol. The van der Waals surface area contributed by atoms with Gasteiger partial charge in [0.15, 0.2) is 5.78 Å². The van der Waals surface area contributed by atoms with Crippen LogP contribution in [0, 0.1) is 0 Å². The van der Waals surface area contributed by atoms with Crippen molar-refractivity contribution in [2.75, 3.05) is 18.2 Å². The van der Waals surface area contributed by atoms with Crippen LogP contribution in [0.15, 0.2) is 42.5 Å². The zero-order valence-electron chi connectivity index (χ0n) is 11.8. The molecule has 0 aliphatic heterocycles. The van der Waals surface area contributed by atoms with E-state index in [0.29, 0.717) is 28.3 Å². The molecular weight excluding hydrogens is 268 g/mol. The number of carbonyl (C=O) groups is 2. The number of ether oxygens (including phenoxy) is 1. The third kappa shape index (κ3) is 3.39. The first-order valence-corrected chi connectivity index (χ1v) is 6.37. The standard InChI is InChI=1S/C16H16N2O3/c1-10(19)11-4-3-5-12(8-11)18-16(20)14-7-6-13(21-2)9-15(14)17/h3-9H,17H2,1-2H3,(H,18,20). The summed E-state index contributed by atoms with van der Waals surface area (Å²) in [7, 11) is 1.53. The van der Waals surface area contributed by atoms with Crippen molar-refractivity contribution in [1.29, 1.82) is 0 Å². The summed E-state index contributed by atoms with van der Waals surface area (Å²) in [5.74, 6) is 0.188. The minimum Gasteiger partial charge on any atom is -0.497 e. The van der Waals surface area contributed by atoms with E-state index < -0.39 is 0 Å². The SMILES string of the molecule is COc1ccc(C(=O)Nc2cccc(C(C)=O)c2)c(N)c1. The number of Topliss-reactive ketones (excluding diaryl/α,β-unsaturated/α-hetero) is 1. The summed E-state index contributed by atoms with van der Waals surface area (Å²) in [5.41, 5.74) is 7.60. The van der Waals surface area contributed by atoms with Gasteiger partial charge in [-0.05, 0) is 31.2 Å². The largest absolute Gasteiger partial charge is 0.497 e. The number of nitrogens with two attached hydrogens (primary N) is 1. The molecule has 0 spiro atoms. The van der Waals surface area contributed by atoms with Gasteiger partial charge in [0.05, 0.1) is 12.7 Å². The Kier molecular flexibility index (Phi) is 4.23. The van der Waals surface area contributed by atoms with Crippen molar-refractivity contribution < 1.29 is 14.3 Å². The molecule has 0 atom stereocenters. The molecule has 0 bridgehead atoms. The molecule has 0 saturated heterocycles. The number of nitrogen functional groups attached to an aromatic ring is 1. The zero-order chi connectivity index (χ0) is 15.4. The minimum atomic E-state index is -0.337. The maximum Gasteiger partial charge on any atom is 0.257 e. The maximum absolute atomic E-state index is 12.2.